The van der Waals surface area contributed by atoms with E-state index in [1.165, 1.54) is 24.1 Å². The second-order valence-corrected chi connectivity index (χ2v) is 6.42. The lowest BCUT2D eigenvalue weighted by Gasteiger charge is -2.49. The Morgan fingerprint density at radius 3 is 2.58 bits per heavy atom. The zero-order valence-electron chi connectivity index (χ0n) is 11.8. The molecule has 0 aromatic heterocycles. The first-order chi connectivity index (χ1) is 8.97. The van der Waals surface area contributed by atoms with Gasteiger partial charge in [-0.05, 0) is 57.2 Å². The number of halogens is 1. The second kappa shape index (κ2) is 4.45. The van der Waals surface area contributed by atoms with E-state index < -0.39 is 0 Å². The van der Waals surface area contributed by atoms with Gasteiger partial charge in [0.05, 0.1) is 11.7 Å². The molecule has 0 N–H and O–H groups in total. The van der Waals surface area contributed by atoms with E-state index in [1.807, 2.05) is 12.1 Å². The summed E-state index contributed by atoms with van der Waals surface area (Å²) in [7, 11) is 0. The Hall–Kier alpha value is -1.15. The molecule has 1 heterocycles. The van der Waals surface area contributed by atoms with E-state index >= 15 is 0 Å². The topological polar surface area (TPSA) is 9.23 Å². The zero-order chi connectivity index (χ0) is 13.6. The van der Waals surface area contributed by atoms with Gasteiger partial charge in [-0.25, -0.2) is 4.39 Å². The van der Waals surface area contributed by atoms with Crippen LogP contribution in [0.15, 0.2) is 35.9 Å². The van der Waals surface area contributed by atoms with Crippen molar-refractivity contribution in [1.29, 1.82) is 0 Å². The van der Waals surface area contributed by atoms with Crippen molar-refractivity contribution in [2.45, 2.75) is 45.3 Å². The van der Waals surface area contributed by atoms with E-state index in [9.17, 15) is 4.39 Å². The SMILES string of the molecule is CC1=CC[C@@H]2C[C@H]1[C@H](c1ccc(F)cc1)OC2(C)C. The first-order valence-corrected chi connectivity index (χ1v) is 7.07. The Bertz CT molecular complexity index is 500. The molecule has 1 aliphatic heterocycles. The van der Waals surface area contributed by atoms with Crippen LogP contribution < -0.4 is 0 Å². The Morgan fingerprint density at radius 2 is 1.89 bits per heavy atom. The third-order valence-electron chi connectivity index (χ3n) is 4.83. The average Bonchev–Trinajstić information content (AvgIpc) is 2.37. The van der Waals surface area contributed by atoms with Crippen molar-refractivity contribution in [2.24, 2.45) is 11.8 Å². The zero-order valence-corrected chi connectivity index (χ0v) is 11.8. The molecule has 1 aromatic carbocycles. The number of hydrogen-bond donors (Lipinski definition) is 0. The third-order valence-corrected chi connectivity index (χ3v) is 4.83. The third kappa shape index (κ3) is 2.23. The molecule has 2 aliphatic rings. The number of hydrogen-bond acceptors (Lipinski definition) is 1. The molecule has 3 atom stereocenters. The molecule has 0 saturated carbocycles. The molecule has 102 valence electrons. The lowest BCUT2D eigenvalue weighted by Crippen LogP contribution is -2.45. The summed E-state index contributed by atoms with van der Waals surface area (Å²) in [4.78, 5) is 0. The van der Waals surface area contributed by atoms with E-state index in [0.29, 0.717) is 11.8 Å². The second-order valence-electron chi connectivity index (χ2n) is 6.42. The summed E-state index contributed by atoms with van der Waals surface area (Å²) in [5.74, 6) is 0.850. The molecule has 2 bridgehead atoms. The van der Waals surface area contributed by atoms with Crippen LogP contribution in [-0.4, -0.2) is 5.60 Å². The largest absolute Gasteiger partial charge is 0.367 e. The first-order valence-electron chi connectivity index (χ1n) is 7.07. The van der Waals surface area contributed by atoms with Crippen LogP contribution in [0.2, 0.25) is 0 Å². The molecule has 1 saturated heterocycles. The minimum atomic E-state index is -0.187. The molecule has 1 fully saturated rings. The molecule has 1 nitrogen and oxygen atoms in total. The number of benzene rings is 1. The normalized spacial score (nSPS) is 32.8. The van der Waals surface area contributed by atoms with Gasteiger partial charge in [-0.2, -0.15) is 0 Å². The van der Waals surface area contributed by atoms with E-state index in [0.717, 1.165) is 12.0 Å². The smallest absolute Gasteiger partial charge is 0.123 e. The van der Waals surface area contributed by atoms with Gasteiger partial charge in [0.1, 0.15) is 5.82 Å². The Balaban J connectivity index is 1.97. The monoisotopic (exact) mass is 260 g/mol. The molecule has 0 amide bonds. The van der Waals surface area contributed by atoms with E-state index in [1.54, 1.807) is 0 Å². The van der Waals surface area contributed by atoms with Crippen LogP contribution in [0.1, 0.15) is 45.3 Å². The summed E-state index contributed by atoms with van der Waals surface area (Å²) in [6.07, 6.45) is 4.71. The molecular formula is C17H21FO. The Labute approximate surface area is 114 Å². The Morgan fingerprint density at radius 1 is 1.21 bits per heavy atom. The summed E-state index contributed by atoms with van der Waals surface area (Å²) in [6.45, 7) is 6.55. The highest BCUT2D eigenvalue weighted by molar-refractivity contribution is 5.25. The quantitative estimate of drug-likeness (QED) is 0.668. The van der Waals surface area contributed by atoms with Gasteiger partial charge in [0.25, 0.3) is 0 Å². The highest BCUT2D eigenvalue weighted by Gasteiger charge is 2.45. The van der Waals surface area contributed by atoms with Crippen LogP contribution in [0, 0.1) is 17.7 Å². The van der Waals surface area contributed by atoms with Crippen LogP contribution in [-0.2, 0) is 4.74 Å². The summed E-state index contributed by atoms with van der Waals surface area (Å²) >= 11 is 0. The van der Waals surface area contributed by atoms with Gasteiger partial charge in [0, 0.05) is 5.92 Å². The maximum atomic E-state index is 13.1. The van der Waals surface area contributed by atoms with Crippen LogP contribution in [0.4, 0.5) is 4.39 Å². The van der Waals surface area contributed by atoms with Crippen molar-refractivity contribution < 1.29 is 9.13 Å². The van der Waals surface area contributed by atoms with Crippen LogP contribution in [0.3, 0.4) is 0 Å². The maximum absolute atomic E-state index is 13.1. The van der Waals surface area contributed by atoms with E-state index in [-0.39, 0.29) is 17.5 Å². The number of ether oxygens (including phenoxy) is 1. The molecule has 0 unspecified atom stereocenters. The summed E-state index contributed by atoms with van der Waals surface area (Å²) in [5, 5.41) is 0. The summed E-state index contributed by atoms with van der Waals surface area (Å²) < 4.78 is 19.5. The standard InChI is InChI=1S/C17H21FO/c1-11-4-7-13-10-15(11)16(19-17(13,2)3)12-5-8-14(18)9-6-12/h4-6,8-9,13,15-16H,7,10H2,1-3H3/t13-,15-,16+/m1/s1. The molecule has 1 aromatic rings. The average molecular weight is 260 g/mol. The van der Waals surface area contributed by atoms with Crippen molar-refractivity contribution in [3.63, 3.8) is 0 Å². The van der Waals surface area contributed by atoms with Gasteiger partial charge in [-0.15, -0.1) is 0 Å². The Kier molecular flexibility index (Phi) is 3.01. The van der Waals surface area contributed by atoms with Crippen molar-refractivity contribution >= 4 is 0 Å². The summed E-state index contributed by atoms with van der Waals surface area (Å²) in [6, 6.07) is 6.77. The fourth-order valence-electron chi connectivity index (χ4n) is 3.46. The van der Waals surface area contributed by atoms with Crippen molar-refractivity contribution in [1.82, 2.24) is 0 Å². The molecule has 2 heteroatoms. The fraction of sp³-hybridized carbons (Fsp3) is 0.529. The van der Waals surface area contributed by atoms with Gasteiger partial charge >= 0.3 is 0 Å². The van der Waals surface area contributed by atoms with Gasteiger partial charge in [0.15, 0.2) is 0 Å². The van der Waals surface area contributed by atoms with Gasteiger partial charge in [-0.1, -0.05) is 23.8 Å². The predicted molar refractivity (Wildman–Crippen MR) is 74.3 cm³/mol. The van der Waals surface area contributed by atoms with Crippen molar-refractivity contribution in [2.75, 3.05) is 0 Å². The summed E-state index contributed by atoms with van der Waals surface area (Å²) in [5.41, 5.74) is 2.40. The molecular weight excluding hydrogens is 239 g/mol. The van der Waals surface area contributed by atoms with Gasteiger partial charge in [0.2, 0.25) is 0 Å². The minimum Gasteiger partial charge on any atom is -0.367 e. The maximum Gasteiger partial charge on any atom is 0.123 e. The lowest BCUT2D eigenvalue weighted by molar-refractivity contribution is -0.166. The van der Waals surface area contributed by atoms with Crippen molar-refractivity contribution in [3.8, 4) is 0 Å². The number of allylic oxidation sites excluding steroid dienone is 1. The van der Waals surface area contributed by atoms with E-state index in [2.05, 4.69) is 26.8 Å². The predicted octanol–water partition coefficient (Wildman–Crippen LogP) is 4.65. The molecule has 19 heavy (non-hydrogen) atoms. The highest BCUT2D eigenvalue weighted by Crippen LogP contribution is 2.50. The van der Waals surface area contributed by atoms with Gasteiger partial charge in [-0.3, -0.25) is 0 Å². The highest BCUT2D eigenvalue weighted by atomic mass is 19.1. The number of fused-ring (bicyclic) bond motifs is 2. The van der Waals surface area contributed by atoms with Crippen molar-refractivity contribution in [3.05, 3.63) is 47.3 Å². The minimum absolute atomic E-state index is 0.0587. The fourth-order valence-corrected chi connectivity index (χ4v) is 3.46. The molecule has 0 radical (unpaired) electrons. The molecule has 1 aliphatic carbocycles. The molecule has 0 spiro atoms. The molecule has 3 rings (SSSR count). The van der Waals surface area contributed by atoms with Crippen LogP contribution in [0.5, 0.6) is 0 Å². The van der Waals surface area contributed by atoms with Crippen LogP contribution in [0.25, 0.3) is 0 Å². The number of rotatable bonds is 1. The first kappa shape index (κ1) is 12.9. The van der Waals surface area contributed by atoms with Gasteiger partial charge < -0.3 is 4.74 Å². The van der Waals surface area contributed by atoms with Crippen LogP contribution >= 0.6 is 0 Å². The lowest BCUT2D eigenvalue weighted by atomic mass is 9.69. The van der Waals surface area contributed by atoms with E-state index in [4.69, 9.17) is 4.74 Å².